The zero-order chi connectivity index (χ0) is 24.1. The van der Waals surface area contributed by atoms with E-state index in [1.165, 1.54) is 18.2 Å². The van der Waals surface area contributed by atoms with Gasteiger partial charge in [-0.25, -0.2) is 0 Å². The van der Waals surface area contributed by atoms with E-state index in [0.29, 0.717) is 0 Å². The van der Waals surface area contributed by atoms with Crippen molar-refractivity contribution < 1.29 is 26.3 Å². The summed E-state index contributed by atoms with van der Waals surface area (Å²) in [5.41, 5.74) is -2.86. The Balaban J connectivity index is 2.63. The second-order valence-corrected chi connectivity index (χ2v) is 4.56. The summed E-state index contributed by atoms with van der Waals surface area (Å²) in [5, 5.41) is 11.6. The molecule has 1 aromatic rings. The number of ether oxygens (including phenoxy) is 1. The third kappa shape index (κ3) is 3.10. The van der Waals surface area contributed by atoms with Crippen LogP contribution in [0.3, 0.4) is 0 Å². The summed E-state index contributed by atoms with van der Waals surface area (Å²) < 4.78 is 97.7. The summed E-state index contributed by atoms with van der Waals surface area (Å²) in [7, 11) is -2.82. The van der Waals surface area contributed by atoms with Crippen LogP contribution < -0.4 is 4.74 Å². The van der Waals surface area contributed by atoms with Crippen molar-refractivity contribution in [1.82, 2.24) is 4.90 Å². The maximum atomic E-state index is 11.6. The van der Waals surface area contributed by atoms with E-state index >= 15 is 0 Å². The second kappa shape index (κ2) is 5.93. The van der Waals surface area contributed by atoms with Crippen molar-refractivity contribution in [2.75, 3.05) is 27.5 Å². The van der Waals surface area contributed by atoms with Gasteiger partial charge in [0.05, 0.1) is 16.8 Å². The van der Waals surface area contributed by atoms with Crippen LogP contribution in [0.2, 0.25) is 0 Å². The van der Waals surface area contributed by atoms with Crippen LogP contribution in [0.4, 0.5) is 0 Å². The number of methoxy groups -OCH3 is 1. The van der Waals surface area contributed by atoms with E-state index in [-0.39, 0.29) is 35.5 Å². The zero-order valence-electron chi connectivity index (χ0n) is 22.4. The normalized spacial score (nSPS) is 45.4. The first-order chi connectivity index (χ1) is 13.7. The lowest BCUT2D eigenvalue weighted by Gasteiger charge is -2.41. The maximum Gasteiger partial charge on any atom is 0.119 e. The molecule has 1 aromatic carbocycles. The van der Waals surface area contributed by atoms with Gasteiger partial charge in [-0.1, -0.05) is 25.0 Å². The Hall–Kier alpha value is -1.06. The predicted octanol–water partition coefficient (Wildman–Crippen LogP) is 2.63. The topological polar surface area (TPSA) is 32.7 Å². The van der Waals surface area contributed by atoms with Gasteiger partial charge in [0.1, 0.15) is 5.75 Å². The molecule has 1 N–H and O–H groups in total. The van der Waals surface area contributed by atoms with Crippen LogP contribution in [0, 0.1) is 5.89 Å². The molecular weight excluding hydrogens is 238 g/mol. The molecule has 0 amide bonds. The number of rotatable bonds is 4. The number of benzene rings is 1. The highest BCUT2D eigenvalue weighted by Gasteiger charge is 2.40. The molecule has 0 heterocycles. The van der Waals surface area contributed by atoms with Gasteiger partial charge in [0.25, 0.3) is 0 Å². The molecule has 1 fully saturated rings. The van der Waals surface area contributed by atoms with Gasteiger partial charge in [-0.15, -0.1) is 0 Å². The summed E-state index contributed by atoms with van der Waals surface area (Å²) in [6.45, 7) is -7.23. The second-order valence-electron chi connectivity index (χ2n) is 4.56. The molecule has 0 aromatic heterocycles. The summed E-state index contributed by atoms with van der Waals surface area (Å²) in [6, 6.07) is 4.94. The highest BCUT2D eigenvalue weighted by molar-refractivity contribution is 5.33. The molecule has 106 valence electrons. The average molecular weight is 275 g/mol. The zero-order valence-corrected chi connectivity index (χ0v) is 10.4. The van der Waals surface area contributed by atoms with Gasteiger partial charge in [-0.2, -0.15) is 0 Å². The Kier molecular flexibility index (Phi) is 1.68. The summed E-state index contributed by atoms with van der Waals surface area (Å²) in [6.07, 6.45) is -2.69. The fourth-order valence-electron chi connectivity index (χ4n) is 2.35. The molecule has 0 radical (unpaired) electrons. The molecule has 1 saturated carbocycles. The summed E-state index contributed by atoms with van der Waals surface area (Å²) in [4.78, 5) is 0.127. The number of nitrogens with zero attached hydrogens (tertiary/aromatic N) is 1. The molecule has 0 aliphatic heterocycles. The molecule has 2 rings (SSSR count). The fraction of sp³-hybridized carbons (Fsp3) is 0.625. The highest BCUT2D eigenvalue weighted by atomic mass is 16.5. The first-order valence-corrected chi connectivity index (χ1v) is 6.03. The van der Waals surface area contributed by atoms with E-state index in [9.17, 15) is 5.11 Å². The number of hydrogen-bond donors (Lipinski definition) is 1. The van der Waals surface area contributed by atoms with Crippen LogP contribution >= 0.6 is 0 Å². The lowest BCUT2D eigenvalue weighted by atomic mass is 9.71. The van der Waals surface area contributed by atoms with E-state index < -0.39 is 45.4 Å². The van der Waals surface area contributed by atoms with Crippen molar-refractivity contribution in [3.05, 3.63) is 29.8 Å². The van der Waals surface area contributed by atoms with Gasteiger partial charge in [-0.05, 0) is 44.4 Å². The Morgan fingerprint density at radius 3 is 3.26 bits per heavy atom. The lowest BCUT2D eigenvalue weighted by molar-refractivity contribution is -0.0619. The van der Waals surface area contributed by atoms with E-state index in [1.807, 2.05) is 0 Å². The molecule has 0 unspecified atom stereocenters. The molecule has 3 heteroatoms. The largest absolute Gasteiger partial charge is 0.497 e. The molecule has 19 heavy (non-hydrogen) atoms. The average Bonchev–Trinajstić information content (AvgIpc) is 2.54. The fourth-order valence-corrected chi connectivity index (χ4v) is 2.35. The number of hydrogen-bond acceptors (Lipinski definition) is 3. The van der Waals surface area contributed by atoms with Crippen molar-refractivity contribution in [2.24, 2.45) is 5.89 Å². The van der Waals surface area contributed by atoms with Crippen molar-refractivity contribution in [3.8, 4) is 5.75 Å². The van der Waals surface area contributed by atoms with E-state index in [2.05, 4.69) is 0 Å². The summed E-state index contributed by atoms with van der Waals surface area (Å²) in [5.74, 6) is -2.49. The third-order valence-corrected chi connectivity index (χ3v) is 3.27. The predicted molar refractivity (Wildman–Crippen MR) is 77.4 cm³/mol. The van der Waals surface area contributed by atoms with E-state index in [0.717, 1.165) is 6.07 Å². The first kappa shape index (κ1) is 5.38. The smallest absolute Gasteiger partial charge is 0.119 e. The summed E-state index contributed by atoms with van der Waals surface area (Å²) >= 11 is 0. The van der Waals surface area contributed by atoms with Crippen LogP contribution in [-0.4, -0.2) is 37.5 Å². The molecule has 1 aliphatic rings. The van der Waals surface area contributed by atoms with E-state index in [1.54, 1.807) is 0 Å². The van der Waals surface area contributed by atoms with Crippen molar-refractivity contribution in [2.45, 2.75) is 31.2 Å². The third-order valence-electron chi connectivity index (χ3n) is 3.27. The van der Waals surface area contributed by atoms with Crippen molar-refractivity contribution >= 4 is 0 Å². The molecule has 1 aliphatic carbocycles. The van der Waals surface area contributed by atoms with Gasteiger partial charge in [-0.3, -0.25) is 0 Å². The Bertz CT molecular complexity index is 776. The SMILES string of the molecule is [2H]C([2H])([2H])Oc1cccc([C@]2(O)C([2H])([2H])CCC[C@@]2([2H])CN(C([2H])([2H])[2H])C([2H])([2H])[2H])c1. The quantitative estimate of drug-likeness (QED) is 0.917. The van der Waals surface area contributed by atoms with Gasteiger partial charge < -0.3 is 14.7 Å². The Labute approximate surface area is 133 Å². The van der Waals surface area contributed by atoms with Gasteiger partial charge in [0.15, 0.2) is 0 Å². The van der Waals surface area contributed by atoms with Crippen LogP contribution in [0.1, 0.15) is 47.6 Å². The highest BCUT2D eigenvalue weighted by Crippen LogP contribution is 2.42. The minimum atomic E-state index is -3.13. The molecule has 0 bridgehead atoms. The van der Waals surface area contributed by atoms with Crippen LogP contribution in [0.5, 0.6) is 5.75 Å². The van der Waals surface area contributed by atoms with Gasteiger partial charge in [0, 0.05) is 24.8 Å². The van der Waals surface area contributed by atoms with Crippen LogP contribution in [-0.2, 0) is 5.60 Å². The number of aliphatic hydroxyl groups is 1. The Morgan fingerprint density at radius 1 is 1.58 bits per heavy atom. The molecule has 0 saturated heterocycles. The maximum absolute atomic E-state index is 11.6. The van der Waals surface area contributed by atoms with Crippen LogP contribution in [0.25, 0.3) is 0 Å². The molecular formula is C16H25NO2. The van der Waals surface area contributed by atoms with Gasteiger partial charge >= 0.3 is 0 Å². The molecule has 2 atom stereocenters. The standard InChI is InChI=1S/C16H25NO2/c1-17(2)12-14-7-4-5-10-16(14,18)13-8-6-9-15(11-13)19-3/h6,8-9,11,14,18H,4-5,7,10,12H2,1-3H3/t14-,16+/m0/s1/i1D3,2D3,3D3,10D2,14D. The van der Waals surface area contributed by atoms with Crippen LogP contribution in [0.15, 0.2) is 24.3 Å². The Morgan fingerprint density at radius 2 is 2.47 bits per heavy atom. The molecule has 3 nitrogen and oxygen atoms in total. The minimum Gasteiger partial charge on any atom is -0.497 e. The molecule has 0 spiro atoms. The minimum absolute atomic E-state index is 0.111. The van der Waals surface area contributed by atoms with Gasteiger partial charge in [0.2, 0.25) is 0 Å². The lowest BCUT2D eigenvalue weighted by Crippen LogP contribution is -2.43. The first-order valence-electron chi connectivity index (χ1n) is 12.0. The monoisotopic (exact) mass is 275 g/mol. The van der Waals surface area contributed by atoms with E-state index in [4.69, 9.17) is 21.2 Å². The van der Waals surface area contributed by atoms with Crippen molar-refractivity contribution in [3.63, 3.8) is 0 Å². The van der Waals surface area contributed by atoms with Crippen molar-refractivity contribution in [1.29, 1.82) is 0 Å².